The molecule has 1 aromatic heterocycles. The average Bonchev–Trinajstić information content (AvgIpc) is 2.24. The van der Waals surface area contributed by atoms with Crippen molar-refractivity contribution in [3.63, 3.8) is 0 Å². The molecule has 1 heterocycles. The summed E-state index contributed by atoms with van der Waals surface area (Å²) in [6.45, 7) is 2.23. The van der Waals surface area contributed by atoms with Crippen molar-refractivity contribution in [3.05, 3.63) is 29.6 Å². The van der Waals surface area contributed by atoms with Crippen LogP contribution in [0, 0.1) is 6.92 Å². The van der Waals surface area contributed by atoms with E-state index in [-0.39, 0.29) is 12.3 Å². The van der Waals surface area contributed by atoms with Crippen LogP contribution in [0.2, 0.25) is 0 Å². The smallest absolute Gasteiger partial charge is 0.303 e. The summed E-state index contributed by atoms with van der Waals surface area (Å²) < 4.78 is 0. The number of nitrogens with zero attached hydrogens (tertiary/aromatic N) is 1. The molecule has 86 valence electrons. The molecule has 0 saturated carbocycles. The second-order valence-corrected chi connectivity index (χ2v) is 3.47. The number of hydrogen-bond donors (Lipinski definition) is 2. The third-order valence-electron chi connectivity index (χ3n) is 2.00. The Kier molecular flexibility index (Phi) is 4.44. The Bertz CT molecular complexity index is 391. The van der Waals surface area contributed by atoms with Gasteiger partial charge in [0.25, 0.3) is 5.91 Å². The number of amides is 1. The van der Waals surface area contributed by atoms with Crippen molar-refractivity contribution in [3.8, 4) is 0 Å². The highest BCUT2D eigenvalue weighted by molar-refractivity contribution is 5.92. The summed E-state index contributed by atoms with van der Waals surface area (Å²) in [5, 5.41) is 11.0. The van der Waals surface area contributed by atoms with Crippen LogP contribution in [-0.2, 0) is 4.79 Å². The summed E-state index contributed by atoms with van der Waals surface area (Å²) in [6.07, 6.45) is 2.05. The molecule has 0 fully saturated rings. The van der Waals surface area contributed by atoms with Gasteiger partial charge in [-0.3, -0.25) is 14.6 Å². The number of carboxylic acids is 1. The number of hydrogen-bond acceptors (Lipinski definition) is 3. The third kappa shape index (κ3) is 4.08. The lowest BCUT2D eigenvalue weighted by molar-refractivity contribution is -0.137. The van der Waals surface area contributed by atoms with E-state index < -0.39 is 5.97 Å². The van der Waals surface area contributed by atoms with Gasteiger partial charge in [0, 0.05) is 19.2 Å². The molecule has 5 heteroatoms. The first-order valence-corrected chi connectivity index (χ1v) is 5.02. The summed E-state index contributed by atoms with van der Waals surface area (Å²) in [7, 11) is 0. The second-order valence-electron chi connectivity index (χ2n) is 3.47. The van der Waals surface area contributed by atoms with Crippen molar-refractivity contribution < 1.29 is 14.7 Å². The molecule has 0 atom stereocenters. The Morgan fingerprint density at radius 3 is 2.88 bits per heavy atom. The molecule has 0 unspecified atom stereocenters. The summed E-state index contributed by atoms with van der Waals surface area (Å²) in [4.78, 5) is 25.7. The molecule has 1 amide bonds. The van der Waals surface area contributed by atoms with Crippen LogP contribution in [0.1, 0.15) is 28.9 Å². The van der Waals surface area contributed by atoms with Gasteiger partial charge in [-0.05, 0) is 31.0 Å². The Morgan fingerprint density at radius 1 is 1.50 bits per heavy atom. The van der Waals surface area contributed by atoms with Crippen LogP contribution in [0.15, 0.2) is 18.3 Å². The molecular weight excluding hydrogens is 208 g/mol. The molecule has 0 aliphatic heterocycles. The quantitative estimate of drug-likeness (QED) is 0.728. The summed E-state index contributed by atoms with van der Waals surface area (Å²) >= 11 is 0. The van der Waals surface area contributed by atoms with Gasteiger partial charge in [-0.25, -0.2) is 0 Å². The van der Waals surface area contributed by atoms with Crippen LogP contribution >= 0.6 is 0 Å². The molecule has 0 aliphatic rings. The van der Waals surface area contributed by atoms with Crippen LogP contribution in [0.5, 0.6) is 0 Å². The maximum atomic E-state index is 11.5. The molecule has 0 aromatic carbocycles. The minimum Gasteiger partial charge on any atom is -0.481 e. The zero-order valence-corrected chi connectivity index (χ0v) is 9.06. The van der Waals surface area contributed by atoms with E-state index in [0.29, 0.717) is 18.7 Å². The molecule has 0 radical (unpaired) electrons. The first kappa shape index (κ1) is 12.2. The van der Waals surface area contributed by atoms with Gasteiger partial charge >= 0.3 is 5.97 Å². The highest BCUT2D eigenvalue weighted by Crippen LogP contribution is 1.99. The fourth-order valence-corrected chi connectivity index (χ4v) is 1.19. The van der Waals surface area contributed by atoms with E-state index in [1.165, 1.54) is 0 Å². The molecule has 1 aromatic rings. The minimum atomic E-state index is -0.858. The SMILES string of the molecule is Cc1ccnc(C(=O)NCCCC(=O)O)c1. The van der Waals surface area contributed by atoms with Gasteiger partial charge in [0.2, 0.25) is 0 Å². The van der Waals surface area contributed by atoms with Gasteiger partial charge in [0.1, 0.15) is 5.69 Å². The Hall–Kier alpha value is -1.91. The van der Waals surface area contributed by atoms with Crippen molar-refractivity contribution in [1.82, 2.24) is 10.3 Å². The van der Waals surface area contributed by atoms with E-state index in [1.54, 1.807) is 18.3 Å². The fourth-order valence-electron chi connectivity index (χ4n) is 1.19. The predicted octanol–water partition coefficient (Wildman–Crippen LogP) is 0.985. The number of aliphatic carboxylic acids is 1. The molecule has 1 rings (SSSR count). The van der Waals surface area contributed by atoms with Crippen LogP contribution in [0.3, 0.4) is 0 Å². The van der Waals surface area contributed by atoms with E-state index in [1.807, 2.05) is 6.92 Å². The standard InChI is InChI=1S/C11H14N2O3/c1-8-4-6-12-9(7-8)11(16)13-5-2-3-10(14)15/h4,6-7H,2-3,5H2,1H3,(H,13,16)(H,14,15). The van der Waals surface area contributed by atoms with Gasteiger partial charge in [-0.15, -0.1) is 0 Å². The van der Waals surface area contributed by atoms with Crippen LogP contribution < -0.4 is 5.32 Å². The molecular formula is C11H14N2O3. The Labute approximate surface area is 93.5 Å². The number of pyridine rings is 1. The molecule has 0 spiro atoms. The first-order chi connectivity index (χ1) is 7.59. The Morgan fingerprint density at radius 2 is 2.25 bits per heavy atom. The zero-order chi connectivity index (χ0) is 12.0. The Balaban J connectivity index is 2.38. The fraction of sp³-hybridized carbons (Fsp3) is 0.364. The van der Waals surface area contributed by atoms with Gasteiger partial charge in [-0.2, -0.15) is 0 Å². The third-order valence-corrected chi connectivity index (χ3v) is 2.00. The van der Waals surface area contributed by atoms with E-state index in [9.17, 15) is 9.59 Å². The maximum absolute atomic E-state index is 11.5. The summed E-state index contributed by atoms with van der Waals surface area (Å²) in [5.74, 6) is -1.13. The minimum absolute atomic E-state index is 0.0571. The van der Waals surface area contributed by atoms with Crippen LogP contribution in [-0.4, -0.2) is 28.5 Å². The number of nitrogens with one attached hydrogen (secondary N) is 1. The molecule has 16 heavy (non-hydrogen) atoms. The molecule has 5 nitrogen and oxygen atoms in total. The highest BCUT2D eigenvalue weighted by Gasteiger charge is 2.06. The lowest BCUT2D eigenvalue weighted by atomic mass is 10.2. The van der Waals surface area contributed by atoms with E-state index in [4.69, 9.17) is 5.11 Å². The summed E-state index contributed by atoms with van der Waals surface area (Å²) in [5.41, 5.74) is 1.32. The number of aryl methyl sites for hydroxylation is 1. The van der Waals surface area contributed by atoms with Crippen molar-refractivity contribution in [2.24, 2.45) is 0 Å². The van der Waals surface area contributed by atoms with Crippen molar-refractivity contribution in [2.45, 2.75) is 19.8 Å². The number of rotatable bonds is 5. The van der Waals surface area contributed by atoms with Gasteiger partial charge in [0.05, 0.1) is 0 Å². The number of aromatic nitrogens is 1. The van der Waals surface area contributed by atoms with Crippen molar-refractivity contribution in [2.75, 3.05) is 6.54 Å². The predicted molar refractivity (Wildman–Crippen MR) is 58.2 cm³/mol. The van der Waals surface area contributed by atoms with Crippen molar-refractivity contribution in [1.29, 1.82) is 0 Å². The normalized spacial score (nSPS) is 9.81. The zero-order valence-electron chi connectivity index (χ0n) is 9.06. The second kappa shape index (κ2) is 5.85. The molecule has 0 saturated heterocycles. The summed E-state index contributed by atoms with van der Waals surface area (Å²) in [6, 6.07) is 3.49. The number of carboxylic acid groups (broad SMARTS) is 1. The maximum Gasteiger partial charge on any atom is 0.303 e. The largest absolute Gasteiger partial charge is 0.481 e. The number of carbonyl (C=O) groups is 2. The first-order valence-electron chi connectivity index (χ1n) is 5.02. The number of carbonyl (C=O) groups excluding carboxylic acids is 1. The van der Waals surface area contributed by atoms with Gasteiger partial charge in [0.15, 0.2) is 0 Å². The van der Waals surface area contributed by atoms with E-state index in [2.05, 4.69) is 10.3 Å². The van der Waals surface area contributed by atoms with Crippen molar-refractivity contribution >= 4 is 11.9 Å². The van der Waals surface area contributed by atoms with E-state index in [0.717, 1.165) is 5.56 Å². The lowest BCUT2D eigenvalue weighted by Crippen LogP contribution is -2.25. The monoisotopic (exact) mass is 222 g/mol. The highest BCUT2D eigenvalue weighted by atomic mass is 16.4. The van der Waals surface area contributed by atoms with Crippen LogP contribution in [0.25, 0.3) is 0 Å². The lowest BCUT2D eigenvalue weighted by Gasteiger charge is -2.03. The topological polar surface area (TPSA) is 79.3 Å². The van der Waals surface area contributed by atoms with Crippen LogP contribution in [0.4, 0.5) is 0 Å². The molecule has 2 N–H and O–H groups in total. The molecule has 0 aliphatic carbocycles. The average molecular weight is 222 g/mol. The van der Waals surface area contributed by atoms with Gasteiger partial charge < -0.3 is 10.4 Å². The molecule has 0 bridgehead atoms. The van der Waals surface area contributed by atoms with Gasteiger partial charge in [-0.1, -0.05) is 0 Å². The van der Waals surface area contributed by atoms with E-state index >= 15 is 0 Å².